The highest BCUT2D eigenvalue weighted by molar-refractivity contribution is 9.10. The van der Waals surface area contributed by atoms with Crippen molar-refractivity contribution < 1.29 is 0 Å². The predicted octanol–water partition coefficient (Wildman–Crippen LogP) is 4.64. The van der Waals surface area contributed by atoms with Crippen molar-refractivity contribution in [3.8, 4) is 0 Å². The molecule has 1 aliphatic rings. The third kappa shape index (κ3) is 2.45. The van der Waals surface area contributed by atoms with Crippen molar-refractivity contribution in [1.82, 2.24) is 0 Å². The SMILES string of the molecule is NC(c1ccc2c(c1)CCC2)c1cccc(Br)c1Cl. The van der Waals surface area contributed by atoms with Gasteiger partial charge in [-0.2, -0.15) is 0 Å². The first kappa shape index (κ1) is 13.2. The van der Waals surface area contributed by atoms with E-state index in [4.69, 9.17) is 17.3 Å². The van der Waals surface area contributed by atoms with Crippen LogP contribution in [0.5, 0.6) is 0 Å². The van der Waals surface area contributed by atoms with Crippen molar-refractivity contribution in [2.75, 3.05) is 0 Å². The Balaban J connectivity index is 2.00. The van der Waals surface area contributed by atoms with Crippen molar-refractivity contribution in [1.29, 1.82) is 0 Å². The lowest BCUT2D eigenvalue weighted by Crippen LogP contribution is -2.13. The lowest BCUT2D eigenvalue weighted by atomic mass is 9.96. The summed E-state index contributed by atoms with van der Waals surface area (Å²) in [4.78, 5) is 0. The first-order valence-corrected chi connectivity index (χ1v) is 7.65. The minimum Gasteiger partial charge on any atom is -0.320 e. The first-order chi connectivity index (χ1) is 9.16. The molecule has 0 aromatic heterocycles. The largest absolute Gasteiger partial charge is 0.320 e. The molecule has 19 heavy (non-hydrogen) atoms. The van der Waals surface area contributed by atoms with E-state index in [0.717, 1.165) is 15.6 Å². The molecule has 98 valence electrons. The molecule has 0 heterocycles. The molecular formula is C16H15BrClN. The Hall–Kier alpha value is -0.830. The van der Waals surface area contributed by atoms with Gasteiger partial charge in [-0.15, -0.1) is 0 Å². The van der Waals surface area contributed by atoms with Crippen molar-refractivity contribution in [2.45, 2.75) is 25.3 Å². The van der Waals surface area contributed by atoms with Crippen LogP contribution < -0.4 is 5.73 Å². The minimum absolute atomic E-state index is 0.170. The molecule has 0 fully saturated rings. The van der Waals surface area contributed by atoms with Crippen LogP contribution in [0.3, 0.4) is 0 Å². The van der Waals surface area contributed by atoms with Crippen molar-refractivity contribution >= 4 is 27.5 Å². The van der Waals surface area contributed by atoms with Crippen molar-refractivity contribution in [2.24, 2.45) is 5.73 Å². The number of rotatable bonds is 2. The summed E-state index contributed by atoms with van der Waals surface area (Å²) in [7, 11) is 0. The molecule has 0 saturated carbocycles. The van der Waals surface area contributed by atoms with Gasteiger partial charge in [0.2, 0.25) is 0 Å². The van der Waals surface area contributed by atoms with Crippen LogP contribution in [-0.4, -0.2) is 0 Å². The van der Waals surface area contributed by atoms with Crippen LogP contribution in [0.25, 0.3) is 0 Å². The van der Waals surface area contributed by atoms with Crippen molar-refractivity contribution in [3.63, 3.8) is 0 Å². The van der Waals surface area contributed by atoms with Gasteiger partial charge in [0.05, 0.1) is 11.1 Å². The number of benzene rings is 2. The summed E-state index contributed by atoms with van der Waals surface area (Å²) in [5, 5.41) is 0.704. The molecule has 1 aliphatic carbocycles. The fourth-order valence-corrected chi connectivity index (χ4v) is 3.35. The summed E-state index contributed by atoms with van der Waals surface area (Å²) < 4.78 is 0.892. The van der Waals surface area contributed by atoms with Gasteiger partial charge in [0.25, 0.3) is 0 Å². The third-order valence-corrected chi connectivity index (χ3v) is 5.11. The van der Waals surface area contributed by atoms with E-state index in [1.54, 1.807) is 0 Å². The van der Waals surface area contributed by atoms with Gasteiger partial charge in [0, 0.05) is 4.47 Å². The highest BCUT2D eigenvalue weighted by atomic mass is 79.9. The van der Waals surface area contributed by atoms with Crippen LogP contribution in [0, 0.1) is 0 Å². The quantitative estimate of drug-likeness (QED) is 0.849. The van der Waals surface area contributed by atoms with Gasteiger partial charge in [-0.25, -0.2) is 0 Å². The molecule has 0 radical (unpaired) electrons. The summed E-state index contributed by atoms with van der Waals surface area (Å²) in [6.45, 7) is 0. The molecule has 3 rings (SSSR count). The number of hydrogen-bond acceptors (Lipinski definition) is 1. The van der Waals surface area contributed by atoms with Crippen LogP contribution in [0.2, 0.25) is 5.02 Å². The Kier molecular flexibility index (Phi) is 3.66. The number of aryl methyl sites for hydroxylation is 2. The average Bonchev–Trinajstić information content (AvgIpc) is 2.88. The Bertz CT molecular complexity index is 624. The molecule has 2 aromatic rings. The second kappa shape index (κ2) is 5.28. The molecule has 0 bridgehead atoms. The van der Waals surface area contributed by atoms with E-state index in [2.05, 4.69) is 34.1 Å². The lowest BCUT2D eigenvalue weighted by Gasteiger charge is -2.16. The zero-order valence-corrected chi connectivity index (χ0v) is 12.8. The van der Waals surface area contributed by atoms with Gasteiger partial charge < -0.3 is 5.73 Å². The molecule has 1 unspecified atom stereocenters. The zero-order valence-electron chi connectivity index (χ0n) is 10.5. The Morgan fingerprint density at radius 3 is 2.74 bits per heavy atom. The lowest BCUT2D eigenvalue weighted by molar-refractivity contribution is 0.866. The Labute approximate surface area is 126 Å². The molecule has 0 aliphatic heterocycles. The molecular weight excluding hydrogens is 322 g/mol. The number of fused-ring (bicyclic) bond motifs is 1. The summed E-state index contributed by atoms with van der Waals surface area (Å²) in [5.41, 5.74) is 11.4. The minimum atomic E-state index is -0.170. The highest BCUT2D eigenvalue weighted by Gasteiger charge is 2.17. The summed E-state index contributed by atoms with van der Waals surface area (Å²) in [6, 6.07) is 12.3. The molecule has 2 N–H and O–H groups in total. The molecule has 0 spiro atoms. The van der Waals surface area contributed by atoms with Crippen LogP contribution in [-0.2, 0) is 12.8 Å². The topological polar surface area (TPSA) is 26.0 Å². The van der Waals surface area contributed by atoms with Gasteiger partial charge >= 0.3 is 0 Å². The second-order valence-corrected chi connectivity index (χ2v) is 6.23. The maximum atomic E-state index is 6.37. The van der Waals surface area contributed by atoms with Crippen LogP contribution >= 0.6 is 27.5 Å². The van der Waals surface area contributed by atoms with E-state index in [1.165, 1.54) is 30.4 Å². The first-order valence-electron chi connectivity index (χ1n) is 6.48. The van der Waals surface area contributed by atoms with Crippen LogP contribution in [0.1, 0.15) is 34.7 Å². The summed E-state index contributed by atoms with van der Waals surface area (Å²) in [5.74, 6) is 0. The Morgan fingerprint density at radius 1 is 1.11 bits per heavy atom. The zero-order chi connectivity index (χ0) is 13.4. The van der Waals surface area contributed by atoms with E-state index < -0.39 is 0 Å². The number of nitrogens with two attached hydrogens (primary N) is 1. The highest BCUT2D eigenvalue weighted by Crippen LogP contribution is 2.33. The fourth-order valence-electron chi connectivity index (χ4n) is 2.73. The summed E-state index contributed by atoms with van der Waals surface area (Å²) in [6.07, 6.45) is 3.62. The van der Waals surface area contributed by atoms with Crippen LogP contribution in [0.15, 0.2) is 40.9 Å². The van der Waals surface area contributed by atoms with E-state index >= 15 is 0 Å². The van der Waals surface area contributed by atoms with Crippen LogP contribution in [0.4, 0.5) is 0 Å². The van der Waals surface area contributed by atoms with E-state index in [9.17, 15) is 0 Å². The smallest absolute Gasteiger partial charge is 0.0599 e. The Morgan fingerprint density at radius 2 is 1.89 bits per heavy atom. The molecule has 0 saturated heterocycles. The van der Waals surface area contributed by atoms with Gasteiger partial charge in [-0.05, 0) is 63.5 Å². The van der Waals surface area contributed by atoms with Crippen molar-refractivity contribution in [3.05, 3.63) is 68.1 Å². The molecule has 1 nitrogen and oxygen atoms in total. The standard InChI is InChI=1S/C16H15BrClN/c17-14-6-2-5-13(15(14)18)16(19)12-8-7-10-3-1-4-11(10)9-12/h2,5-9,16H,1,3-4,19H2. The maximum absolute atomic E-state index is 6.37. The van der Waals surface area contributed by atoms with Gasteiger partial charge in [-0.3, -0.25) is 0 Å². The van der Waals surface area contributed by atoms with E-state index in [0.29, 0.717) is 5.02 Å². The second-order valence-electron chi connectivity index (χ2n) is 5.00. The molecule has 0 amide bonds. The maximum Gasteiger partial charge on any atom is 0.0599 e. The predicted molar refractivity (Wildman–Crippen MR) is 83.6 cm³/mol. The van der Waals surface area contributed by atoms with E-state index in [-0.39, 0.29) is 6.04 Å². The van der Waals surface area contributed by atoms with Gasteiger partial charge in [0.1, 0.15) is 0 Å². The monoisotopic (exact) mass is 335 g/mol. The molecule has 3 heteroatoms. The number of halogens is 2. The molecule has 1 atom stereocenters. The third-order valence-electron chi connectivity index (χ3n) is 3.80. The van der Waals surface area contributed by atoms with E-state index in [1.807, 2.05) is 18.2 Å². The fraction of sp³-hybridized carbons (Fsp3) is 0.250. The number of hydrogen-bond donors (Lipinski definition) is 1. The van der Waals surface area contributed by atoms with Gasteiger partial charge in [-0.1, -0.05) is 41.9 Å². The average molecular weight is 337 g/mol. The van der Waals surface area contributed by atoms with Gasteiger partial charge in [0.15, 0.2) is 0 Å². The molecule has 2 aromatic carbocycles. The summed E-state index contributed by atoms with van der Waals surface area (Å²) >= 11 is 9.78. The normalized spacial score (nSPS) is 15.3.